The van der Waals surface area contributed by atoms with E-state index in [-0.39, 0.29) is 29.2 Å². The van der Waals surface area contributed by atoms with E-state index in [1.165, 1.54) is 44.6 Å². The van der Waals surface area contributed by atoms with Gasteiger partial charge in [0.15, 0.2) is 17.3 Å². The van der Waals surface area contributed by atoms with Crippen molar-refractivity contribution in [3.8, 4) is 17.2 Å². The Morgan fingerprint density at radius 2 is 1.66 bits per heavy atom. The third kappa shape index (κ3) is 6.56. The van der Waals surface area contributed by atoms with E-state index in [1.54, 1.807) is 18.2 Å². The second-order valence-electron chi connectivity index (χ2n) is 6.45. The zero-order valence-electron chi connectivity index (χ0n) is 18.0. The van der Waals surface area contributed by atoms with Crippen molar-refractivity contribution in [2.45, 2.75) is 18.2 Å². The summed E-state index contributed by atoms with van der Waals surface area (Å²) < 4.78 is 42.8. The van der Waals surface area contributed by atoms with Crippen molar-refractivity contribution in [2.24, 2.45) is 0 Å². The van der Waals surface area contributed by atoms with Crippen LogP contribution in [0, 0.1) is 0 Å². The first-order valence-corrected chi connectivity index (χ1v) is 11.1. The molecule has 0 aliphatic carbocycles. The van der Waals surface area contributed by atoms with E-state index in [0.29, 0.717) is 29.4 Å². The molecule has 2 rings (SSSR count). The van der Waals surface area contributed by atoms with E-state index in [9.17, 15) is 18.0 Å². The van der Waals surface area contributed by atoms with E-state index in [1.807, 2.05) is 6.92 Å². The van der Waals surface area contributed by atoms with Crippen molar-refractivity contribution in [3.05, 3.63) is 53.6 Å². The molecule has 0 radical (unpaired) electrons. The molecule has 0 bridgehead atoms. The fraction of sp³-hybridized carbons (Fsp3) is 0.273. The largest absolute Gasteiger partial charge is 0.493 e. The van der Waals surface area contributed by atoms with Crippen LogP contribution >= 0.6 is 0 Å². The summed E-state index contributed by atoms with van der Waals surface area (Å²) in [5.41, 5.74) is 0.938. The number of carbonyl (C=O) groups excluding carboxylic acids is 1. The molecule has 0 amide bonds. The van der Waals surface area contributed by atoms with Crippen LogP contribution in [-0.4, -0.2) is 52.6 Å². The molecule has 32 heavy (non-hydrogen) atoms. The van der Waals surface area contributed by atoms with Crippen LogP contribution < -0.4 is 18.9 Å². The minimum atomic E-state index is -3.86. The maximum atomic E-state index is 12.5. The molecular formula is C22H25NO8S. The van der Waals surface area contributed by atoms with Crippen LogP contribution in [0.25, 0.3) is 6.08 Å². The van der Waals surface area contributed by atoms with Gasteiger partial charge in [-0.25, -0.2) is 13.1 Å². The lowest BCUT2D eigenvalue weighted by Crippen LogP contribution is -2.26. The highest BCUT2D eigenvalue weighted by atomic mass is 32.2. The molecule has 10 heteroatoms. The SMILES string of the molecule is CCOc1c(OC)cc(/C=C/C(=O)c2ccc(S(=O)(=O)NCCC(=O)O)cc2)cc1OC. The van der Waals surface area contributed by atoms with Gasteiger partial charge < -0.3 is 19.3 Å². The number of ketones is 1. The number of nitrogens with one attached hydrogen (secondary N) is 1. The maximum absolute atomic E-state index is 12.5. The molecule has 0 aromatic heterocycles. The van der Waals surface area contributed by atoms with Gasteiger partial charge in [-0.2, -0.15) is 0 Å². The summed E-state index contributed by atoms with van der Waals surface area (Å²) in [6.45, 7) is 2.05. The first-order chi connectivity index (χ1) is 15.2. The van der Waals surface area contributed by atoms with Crippen molar-refractivity contribution in [2.75, 3.05) is 27.4 Å². The molecule has 0 saturated heterocycles. The standard InChI is InChI=1S/C22H25NO8S/c1-4-31-22-19(29-2)13-15(14-20(22)30-3)5-10-18(24)16-6-8-17(9-7-16)32(27,28)23-12-11-21(25)26/h5-10,13-14,23H,4,11-12H2,1-3H3,(H,25,26)/b10-5+. The highest BCUT2D eigenvalue weighted by molar-refractivity contribution is 7.89. The van der Waals surface area contributed by atoms with Gasteiger partial charge in [-0.05, 0) is 55.0 Å². The number of allylic oxidation sites excluding steroid dienone is 1. The smallest absolute Gasteiger partial charge is 0.304 e. The molecule has 0 unspecified atom stereocenters. The van der Waals surface area contributed by atoms with Crippen molar-refractivity contribution in [3.63, 3.8) is 0 Å². The second-order valence-corrected chi connectivity index (χ2v) is 8.22. The molecule has 0 fully saturated rings. The number of carboxylic acids is 1. The van der Waals surface area contributed by atoms with Gasteiger partial charge in [0.25, 0.3) is 0 Å². The van der Waals surface area contributed by atoms with Crippen LogP contribution in [0.5, 0.6) is 17.2 Å². The predicted molar refractivity (Wildman–Crippen MR) is 118 cm³/mol. The van der Waals surface area contributed by atoms with E-state index < -0.39 is 16.0 Å². The minimum absolute atomic E-state index is 0.0654. The number of methoxy groups -OCH3 is 2. The van der Waals surface area contributed by atoms with Gasteiger partial charge in [0.05, 0.1) is 32.1 Å². The van der Waals surface area contributed by atoms with Gasteiger partial charge in [0.1, 0.15) is 0 Å². The molecule has 0 aliphatic heterocycles. The molecule has 172 valence electrons. The monoisotopic (exact) mass is 463 g/mol. The topological polar surface area (TPSA) is 128 Å². The lowest BCUT2D eigenvalue weighted by Gasteiger charge is -2.14. The van der Waals surface area contributed by atoms with Crippen LogP contribution in [0.4, 0.5) is 0 Å². The van der Waals surface area contributed by atoms with Gasteiger partial charge in [0.2, 0.25) is 15.8 Å². The van der Waals surface area contributed by atoms with Gasteiger partial charge in [0, 0.05) is 12.1 Å². The highest BCUT2D eigenvalue weighted by Gasteiger charge is 2.15. The Hall–Kier alpha value is -3.37. The first kappa shape index (κ1) is 24.9. The van der Waals surface area contributed by atoms with E-state index >= 15 is 0 Å². The Bertz CT molecular complexity index is 1070. The Labute approximate surface area is 186 Å². The summed E-state index contributed by atoms with van der Waals surface area (Å²) in [6.07, 6.45) is 2.60. The Balaban J connectivity index is 2.16. The molecule has 0 atom stereocenters. The first-order valence-electron chi connectivity index (χ1n) is 9.64. The van der Waals surface area contributed by atoms with Crippen molar-refractivity contribution in [1.82, 2.24) is 4.72 Å². The average Bonchev–Trinajstić information content (AvgIpc) is 2.77. The molecular weight excluding hydrogens is 438 g/mol. The van der Waals surface area contributed by atoms with Gasteiger partial charge >= 0.3 is 5.97 Å². The zero-order chi connectivity index (χ0) is 23.7. The Kier molecular flexibility index (Phi) is 8.80. The summed E-state index contributed by atoms with van der Waals surface area (Å²) in [5, 5.41) is 8.61. The summed E-state index contributed by atoms with van der Waals surface area (Å²) in [6, 6.07) is 8.75. The van der Waals surface area contributed by atoms with Gasteiger partial charge in [-0.3, -0.25) is 9.59 Å². The number of carboxylic acid groups (broad SMARTS) is 1. The fourth-order valence-electron chi connectivity index (χ4n) is 2.73. The van der Waals surface area contributed by atoms with Gasteiger partial charge in [-0.15, -0.1) is 0 Å². The number of ether oxygens (including phenoxy) is 3. The lowest BCUT2D eigenvalue weighted by atomic mass is 10.1. The van der Waals surface area contributed by atoms with E-state index in [4.69, 9.17) is 19.3 Å². The molecule has 0 spiro atoms. The highest BCUT2D eigenvalue weighted by Crippen LogP contribution is 2.38. The number of aliphatic carboxylic acids is 1. The molecule has 0 heterocycles. The third-order valence-corrected chi connectivity index (χ3v) is 5.76. The number of rotatable bonds is 12. The van der Waals surface area contributed by atoms with Crippen LogP contribution in [0.1, 0.15) is 29.3 Å². The Morgan fingerprint density at radius 3 is 2.16 bits per heavy atom. The fourth-order valence-corrected chi connectivity index (χ4v) is 3.76. The third-order valence-electron chi connectivity index (χ3n) is 4.28. The van der Waals surface area contributed by atoms with Crippen molar-refractivity contribution in [1.29, 1.82) is 0 Å². The van der Waals surface area contributed by atoms with E-state index in [2.05, 4.69) is 4.72 Å². The molecule has 0 saturated carbocycles. The average molecular weight is 464 g/mol. The Morgan fingerprint density at radius 1 is 1.06 bits per heavy atom. The van der Waals surface area contributed by atoms with Gasteiger partial charge in [-0.1, -0.05) is 6.08 Å². The molecule has 0 aliphatic rings. The second kappa shape index (κ2) is 11.3. The van der Waals surface area contributed by atoms with Crippen molar-refractivity contribution < 1.29 is 37.3 Å². The minimum Gasteiger partial charge on any atom is -0.493 e. The van der Waals surface area contributed by atoms with Crippen LogP contribution in [0.3, 0.4) is 0 Å². The summed E-state index contributed by atoms with van der Waals surface area (Å²) in [7, 11) is -0.856. The molecule has 2 aromatic rings. The zero-order valence-corrected chi connectivity index (χ0v) is 18.8. The normalized spacial score (nSPS) is 11.3. The number of hydrogen-bond acceptors (Lipinski definition) is 7. The van der Waals surface area contributed by atoms with Crippen LogP contribution in [0.15, 0.2) is 47.4 Å². The van der Waals surface area contributed by atoms with E-state index in [0.717, 1.165) is 0 Å². The lowest BCUT2D eigenvalue weighted by molar-refractivity contribution is -0.136. The number of sulfonamides is 1. The maximum Gasteiger partial charge on any atom is 0.304 e. The number of benzene rings is 2. The molecule has 9 nitrogen and oxygen atoms in total. The summed E-state index contributed by atoms with van der Waals surface area (Å²) in [4.78, 5) is 23.0. The molecule has 2 aromatic carbocycles. The van der Waals surface area contributed by atoms with Crippen LogP contribution in [-0.2, 0) is 14.8 Å². The number of carbonyl (C=O) groups is 2. The predicted octanol–water partition coefficient (Wildman–Crippen LogP) is 2.75. The quantitative estimate of drug-likeness (QED) is 0.363. The summed E-state index contributed by atoms with van der Waals surface area (Å²) >= 11 is 0. The van der Waals surface area contributed by atoms with Crippen LogP contribution in [0.2, 0.25) is 0 Å². The summed E-state index contributed by atoms with van der Waals surface area (Å²) in [5.74, 6) is -0.0518. The molecule has 2 N–H and O–H groups in total. The number of hydrogen-bond donors (Lipinski definition) is 2. The van der Waals surface area contributed by atoms with Crippen molar-refractivity contribution >= 4 is 27.9 Å².